The molecule has 13 aromatic carbocycles. The van der Waals surface area contributed by atoms with Crippen molar-refractivity contribution >= 4 is 94.9 Å². The van der Waals surface area contributed by atoms with Crippen molar-refractivity contribution < 1.29 is 4.42 Å². The Morgan fingerprint density at radius 2 is 0.508 bits per heavy atom. The van der Waals surface area contributed by atoms with Gasteiger partial charge in [0.05, 0.1) is 44.0 Å². The highest BCUT2D eigenvalue weighted by Crippen LogP contribution is 2.41. The van der Waals surface area contributed by atoms with Gasteiger partial charge in [-0.15, -0.1) is 11.3 Å². The van der Waals surface area contributed by atoms with Crippen molar-refractivity contribution in [3.63, 3.8) is 0 Å². The predicted octanol–water partition coefficient (Wildman–Crippen LogP) is 28.9. The van der Waals surface area contributed by atoms with Gasteiger partial charge in [0, 0.05) is 144 Å². The molecular weight excluding hydrogens is 1560 g/mol. The number of oxazole rings is 1. The minimum Gasteiger partial charge on any atom is -0.435 e. The average Bonchev–Trinajstić information content (AvgIpc) is 1.46. The molecule has 0 amide bonds. The van der Waals surface area contributed by atoms with Crippen LogP contribution in [0.25, 0.3) is 139 Å². The molecule has 14 nitrogen and oxygen atoms in total. The van der Waals surface area contributed by atoms with Gasteiger partial charge in [0.2, 0.25) is 5.89 Å². The van der Waals surface area contributed by atoms with Gasteiger partial charge in [-0.1, -0.05) is 237 Å². The predicted molar refractivity (Wildman–Crippen MR) is 514 cm³/mol. The van der Waals surface area contributed by atoms with Gasteiger partial charge in [-0.2, -0.15) is 0 Å². The Balaban J connectivity index is 0.000000120. The molecule has 0 atom stereocenters. The van der Waals surface area contributed by atoms with Crippen molar-refractivity contribution in [1.29, 1.82) is 0 Å². The Morgan fingerprint density at radius 3 is 0.865 bits per heavy atom. The molecule has 0 unspecified atom stereocenters. The van der Waals surface area contributed by atoms with E-state index in [-0.39, 0.29) is 0 Å². The van der Waals surface area contributed by atoms with E-state index in [4.69, 9.17) is 39.3 Å². The molecule has 0 saturated carbocycles. The van der Waals surface area contributed by atoms with E-state index in [0.717, 1.165) is 174 Å². The third-order valence-electron chi connectivity index (χ3n) is 21.8. The molecule has 0 bridgehead atoms. The molecule has 0 N–H and O–H groups in total. The van der Waals surface area contributed by atoms with Crippen LogP contribution in [0.5, 0.6) is 0 Å². The van der Waals surface area contributed by atoms with Crippen molar-refractivity contribution in [3.05, 3.63) is 468 Å². The zero-order valence-electron chi connectivity index (χ0n) is 68.1. The standard InChI is InChI=1S/C41H29N5.C35H24N4O.C35H24N4S/c1-4-12-33(13-5-1)45(34-14-6-2-7-15-34)36-24-20-30(21-25-36)37-26-22-31(28-42-37)32-23-27-39(43-29-32)41-44-38-18-10-11-19-40(38)46(41)35-16-8-3-9-17-35;2*1-3-9-28(10-4-1)39(29-11-5-2-6-12-29)30-19-15-25(16-20-30)31-21-17-26(23-36-31)27-18-22-33(37-24-27)35-38-32-13-7-8-14-34(32)40-35/h1-29H;2*1-24H. The molecule has 9 aromatic heterocycles. The molecule has 0 aliphatic rings. The molecule has 0 fully saturated rings. The summed E-state index contributed by atoms with van der Waals surface area (Å²) in [5.74, 6) is 1.33. The summed E-state index contributed by atoms with van der Waals surface area (Å²) in [5, 5.41) is 0.933. The molecule has 126 heavy (non-hydrogen) atoms. The van der Waals surface area contributed by atoms with Crippen LogP contribution in [-0.2, 0) is 0 Å². The van der Waals surface area contributed by atoms with Gasteiger partial charge in [-0.05, 0) is 194 Å². The second-order valence-corrected chi connectivity index (χ2v) is 30.9. The van der Waals surface area contributed by atoms with Crippen molar-refractivity contribution in [2.75, 3.05) is 14.7 Å². The first-order valence-electron chi connectivity index (χ1n) is 41.5. The molecule has 598 valence electrons. The third kappa shape index (κ3) is 17.0. The van der Waals surface area contributed by atoms with Crippen LogP contribution in [-0.4, -0.2) is 49.4 Å². The average molecular weight is 1640 g/mol. The number of anilines is 9. The minimum absolute atomic E-state index is 0.516. The molecule has 22 aromatic rings. The Hall–Kier alpha value is -17.0. The van der Waals surface area contributed by atoms with Crippen LogP contribution < -0.4 is 14.7 Å². The zero-order valence-corrected chi connectivity index (χ0v) is 68.9. The van der Waals surface area contributed by atoms with Gasteiger partial charge in [0.1, 0.15) is 21.9 Å². The maximum absolute atomic E-state index is 5.85. The number of hydrogen-bond donors (Lipinski definition) is 0. The van der Waals surface area contributed by atoms with Gasteiger partial charge in [0.25, 0.3) is 0 Å². The lowest BCUT2D eigenvalue weighted by Gasteiger charge is -2.25. The molecule has 0 aliphatic carbocycles. The highest BCUT2D eigenvalue weighted by Gasteiger charge is 2.21. The maximum Gasteiger partial charge on any atom is 0.246 e. The number of benzene rings is 13. The van der Waals surface area contributed by atoms with Crippen molar-refractivity contribution in [2.45, 2.75) is 0 Å². The van der Waals surface area contributed by atoms with Crippen LogP contribution in [0.15, 0.2) is 472 Å². The van der Waals surface area contributed by atoms with Crippen molar-refractivity contribution in [2.24, 2.45) is 0 Å². The molecule has 0 aliphatic heterocycles. The number of fused-ring (bicyclic) bond motifs is 3. The van der Waals surface area contributed by atoms with E-state index in [9.17, 15) is 0 Å². The van der Waals surface area contributed by atoms with Crippen LogP contribution in [0.2, 0.25) is 0 Å². The van der Waals surface area contributed by atoms with Gasteiger partial charge in [-0.25, -0.2) is 15.0 Å². The lowest BCUT2D eigenvalue weighted by molar-refractivity contribution is 0.617. The largest absolute Gasteiger partial charge is 0.435 e. The van der Waals surface area contributed by atoms with Crippen molar-refractivity contribution in [3.8, 4) is 107 Å². The maximum atomic E-state index is 5.85. The zero-order chi connectivity index (χ0) is 84.2. The number of para-hydroxylation sites is 12. The fourth-order valence-electron chi connectivity index (χ4n) is 15.4. The Kier molecular flexibility index (Phi) is 22.2. The lowest BCUT2D eigenvalue weighted by Crippen LogP contribution is -2.09. The van der Waals surface area contributed by atoms with Gasteiger partial charge in [0.15, 0.2) is 11.4 Å². The highest BCUT2D eigenvalue weighted by molar-refractivity contribution is 7.21. The van der Waals surface area contributed by atoms with E-state index in [1.165, 1.54) is 4.70 Å². The molecule has 22 rings (SSSR count). The number of pyridine rings is 6. The number of thiazole rings is 1. The number of nitrogens with zero attached hydrogens (tertiary/aromatic N) is 13. The van der Waals surface area contributed by atoms with Crippen LogP contribution in [0.1, 0.15) is 0 Å². The van der Waals surface area contributed by atoms with E-state index < -0.39 is 0 Å². The van der Waals surface area contributed by atoms with E-state index >= 15 is 0 Å². The normalized spacial score (nSPS) is 11.0. The number of imidazole rings is 1. The van der Waals surface area contributed by atoms with Crippen molar-refractivity contribution in [1.82, 2.24) is 49.4 Å². The molecule has 0 radical (unpaired) electrons. The second kappa shape index (κ2) is 36.1. The van der Waals surface area contributed by atoms with Crippen LogP contribution in [0.3, 0.4) is 0 Å². The molecular formula is C111H77N13OS. The van der Waals surface area contributed by atoms with E-state index in [0.29, 0.717) is 11.6 Å². The summed E-state index contributed by atoms with van der Waals surface area (Å²) in [5.41, 5.74) is 30.0. The lowest BCUT2D eigenvalue weighted by atomic mass is 10.1. The minimum atomic E-state index is 0.516. The summed E-state index contributed by atoms with van der Waals surface area (Å²) in [6.07, 6.45) is 11.3. The van der Waals surface area contributed by atoms with E-state index in [1.54, 1.807) is 11.3 Å². The summed E-state index contributed by atoms with van der Waals surface area (Å²) >= 11 is 1.66. The SMILES string of the molecule is c1ccc(N(c2ccccc2)c2ccc(-c3ccc(-c4ccc(-c5nc6ccccc6n5-c5ccccc5)nc4)cn3)cc2)cc1.c1ccc(N(c2ccccc2)c2ccc(-c3ccc(-c4ccc(-c5nc6ccccc6o5)nc4)cn3)cc2)cc1.c1ccc(N(c2ccccc2)c2ccc(-c3ccc(-c4ccc(-c5nc6ccccc6s5)nc4)cn3)cc2)cc1. The number of aromatic nitrogens is 10. The van der Waals surface area contributed by atoms with E-state index in [2.05, 4.69) is 314 Å². The Morgan fingerprint density at radius 1 is 0.214 bits per heavy atom. The first-order chi connectivity index (χ1) is 62.4. The van der Waals surface area contributed by atoms with Gasteiger partial charge in [-0.3, -0.25) is 34.5 Å². The summed E-state index contributed by atoms with van der Waals surface area (Å²) in [4.78, 5) is 49.4. The highest BCUT2D eigenvalue weighted by atomic mass is 32.1. The monoisotopic (exact) mass is 1640 g/mol. The summed E-state index contributed by atoms with van der Waals surface area (Å²) in [7, 11) is 0. The fourth-order valence-corrected chi connectivity index (χ4v) is 16.4. The molecule has 15 heteroatoms. The molecule has 0 saturated heterocycles. The summed E-state index contributed by atoms with van der Waals surface area (Å²) in [6, 6.07) is 147. The quantitative estimate of drug-likeness (QED) is 0.0758. The van der Waals surface area contributed by atoms with Gasteiger partial charge < -0.3 is 19.1 Å². The number of hydrogen-bond acceptors (Lipinski definition) is 14. The van der Waals surface area contributed by atoms with Crippen LogP contribution in [0.4, 0.5) is 51.2 Å². The van der Waals surface area contributed by atoms with E-state index in [1.807, 2.05) is 183 Å². The Labute approximate surface area is 733 Å². The molecule has 0 spiro atoms. The first-order valence-corrected chi connectivity index (χ1v) is 42.3. The number of rotatable bonds is 19. The summed E-state index contributed by atoms with van der Waals surface area (Å²) < 4.78 is 9.18. The van der Waals surface area contributed by atoms with Crippen LogP contribution >= 0.6 is 11.3 Å². The van der Waals surface area contributed by atoms with Gasteiger partial charge >= 0.3 is 0 Å². The third-order valence-corrected chi connectivity index (χ3v) is 22.8. The summed E-state index contributed by atoms with van der Waals surface area (Å²) in [6.45, 7) is 0. The Bertz CT molecular complexity index is 6890. The van der Waals surface area contributed by atoms with Crippen LogP contribution in [0, 0.1) is 0 Å². The fraction of sp³-hybridized carbons (Fsp3) is 0. The smallest absolute Gasteiger partial charge is 0.246 e. The second-order valence-electron chi connectivity index (χ2n) is 29.8. The first kappa shape index (κ1) is 77.6. The topological polar surface area (TPSA) is 144 Å². The molecule has 9 heterocycles.